The van der Waals surface area contributed by atoms with Gasteiger partial charge in [-0.15, -0.1) is 0 Å². The number of rotatable bonds is 1. The quantitative estimate of drug-likeness (QED) is 0.179. The first-order valence-corrected chi connectivity index (χ1v) is 15.9. The molecule has 0 aliphatic carbocycles. The van der Waals surface area contributed by atoms with Crippen molar-refractivity contribution in [2.45, 2.75) is 0 Å². The number of hydrogen-bond donors (Lipinski definition) is 0. The molecule has 4 heterocycles. The molecule has 0 radical (unpaired) electrons. The van der Waals surface area contributed by atoms with Crippen molar-refractivity contribution in [3.63, 3.8) is 0 Å². The first-order valence-electron chi connectivity index (χ1n) is 15.9. The second kappa shape index (κ2) is 8.80. The summed E-state index contributed by atoms with van der Waals surface area (Å²) in [4.78, 5) is 2.54. The predicted molar refractivity (Wildman–Crippen MR) is 193 cm³/mol. The fourth-order valence-electron chi connectivity index (χ4n) is 8.32. The minimum Gasteiger partial charge on any atom is -0.455 e. The van der Waals surface area contributed by atoms with Crippen LogP contribution in [-0.2, 0) is 0 Å². The third kappa shape index (κ3) is 3.03. The third-order valence-corrected chi connectivity index (χ3v) is 10.2. The van der Waals surface area contributed by atoms with Crippen molar-refractivity contribution >= 4 is 72.9 Å². The van der Waals surface area contributed by atoms with Gasteiger partial charge in [0.2, 0.25) is 0 Å². The van der Waals surface area contributed by atoms with E-state index in [9.17, 15) is 0 Å². The van der Waals surface area contributed by atoms with Gasteiger partial charge in [-0.2, -0.15) is 0 Å². The van der Waals surface area contributed by atoms with E-state index in [1.807, 2.05) is 0 Å². The van der Waals surface area contributed by atoms with Crippen LogP contribution in [0.1, 0.15) is 0 Å². The van der Waals surface area contributed by atoms with Gasteiger partial charge in [-0.1, -0.05) is 103 Å². The molecule has 2 aliphatic rings. The Morgan fingerprint density at radius 3 is 2.02 bits per heavy atom. The van der Waals surface area contributed by atoms with Gasteiger partial charge in [-0.3, -0.25) is 0 Å². The SMILES string of the molecule is c1ccc(-n2c3ccccc3c3cc4oc5c6c(ccc5c4cc32)N2B(c3ccccc3-c3ccccc32)c2ccccc2-6)cc1. The highest BCUT2D eigenvalue weighted by atomic mass is 16.3. The van der Waals surface area contributed by atoms with Crippen LogP contribution in [-0.4, -0.2) is 11.4 Å². The maximum Gasteiger partial charge on any atom is 0.329 e. The average Bonchev–Trinajstić information content (AvgIpc) is 3.65. The van der Waals surface area contributed by atoms with E-state index < -0.39 is 0 Å². The molecule has 0 saturated carbocycles. The summed E-state index contributed by atoms with van der Waals surface area (Å²) in [5.41, 5.74) is 15.4. The van der Waals surface area contributed by atoms with Crippen molar-refractivity contribution in [2.75, 3.05) is 4.81 Å². The highest BCUT2D eigenvalue weighted by Gasteiger charge is 2.43. The Balaban J connectivity index is 1.24. The summed E-state index contributed by atoms with van der Waals surface area (Å²) in [7, 11) is 0. The maximum absolute atomic E-state index is 6.98. The molecular formula is C42H25BN2O. The van der Waals surface area contributed by atoms with E-state index in [2.05, 4.69) is 161 Å². The molecule has 0 saturated heterocycles. The van der Waals surface area contributed by atoms with Crippen LogP contribution in [0.15, 0.2) is 156 Å². The second-order valence-electron chi connectivity index (χ2n) is 12.5. The average molecular weight is 584 g/mol. The van der Waals surface area contributed by atoms with E-state index in [0.717, 1.165) is 33.2 Å². The summed E-state index contributed by atoms with van der Waals surface area (Å²) in [6.07, 6.45) is 0. The minimum absolute atomic E-state index is 0.0800. The Labute approximate surface area is 265 Å². The zero-order valence-electron chi connectivity index (χ0n) is 24.8. The first kappa shape index (κ1) is 24.3. The number of hydrogen-bond acceptors (Lipinski definition) is 2. The van der Waals surface area contributed by atoms with E-state index in [-0.39, 0.29) is 6.85 Å². The standard InChI is InChI=1S/C42H25BN2O/c1-2-12-26(13-3-1)44-36-20-10-6-16-29(36)32-25-40-33(24-39(32)44)30-22-23-38-41(42(30)46-40)31-17-5-9-19-35(31)43-34-18-8-4-14-27(34)28-15-7-11-21-37(28)45(38)43/h1-25H. The lowest BCUT2D eigenvalue weighted by molar-refractivity contribution is 0.670. The first-order chi connectivity index (χ1) is 22.8. The molecule has 0 unspecified atom stereocenters. The van der Waals surface area contributed by atoms with Gasteiger partial charge >= 0.3 is 6.85 Å². The predicted octanol–water partition coefficient (Wildman–Crippen LogP) is 9.59. The van der Waals surface area contributed by atoms with Gasteiger partial charge in [0, 0.05) is 49.7 Å². The normalized spacial score (nSPS) is 13.1. The van der Waals surface area contributed by atoms with Crippen molar-refractivity contribution < 1.29 is 4.42 Å². The number of aromatic nitrogens is 1. The smallest absolute Gasteiger partial charge is 0.329 e. The molecule has 7 aromatic carbocycles. The summed E-state index contributed by atoms with van der Waals surface area (Å²) >= 11 is 0. The molecule has 0 spiro atoms. The number of anilines is 2. The van der Waals surface area contributed by atoms with Crippen LogP contribution in [0.5, 0.6) is 0 Å². The molecule has 2 aliphatic heterocycles. The molecule has 4 heteroatoms. The minimum atomic E-state index is 0.0800. The Morgan fingerprint density at radius 1 is 0.457 bits per heavy atom. The lowest BCUT2D eigenvalue weighted by Gasteiger charge is -2.43. The molecule has 0 fully saturated rings. The van der Waals surface area contributed by atoms with Crippen molar-refractivity contribution in [1.82, 2.24) is 4.57 Å². The lowest BCUT2D eigenvalue weighted by Crippen LogP contribution is -2.59. The van der Waals surface area contributed by atoms with Gasteiger partial charge in [0.1, 0.15) is 11.2 Å². The Kier molecular flexibility index (Phi) is 4.66. The third-order valence-electron chi connectivity index (χ3n) is 10.2. The van der Waals surface area contributed by atoms with Gasteiger partial charge in [0.15, 0.2) is 0 Å². The molecule has 0 bridgehead atoms. The molecule has 0 atom stereocenters. The highest BCUT2D eigenvalue weighted by molar-refractivity contribution is 6.92. The zero-order valence-corrected chi connectivity index (χ0v) is 24.8. The van der Waals surface area contributed by atoms with Crippen molar-refractivity contribution in [2.24, 2.45) is 0 Å². The van der Waals surface area contributed by atoms with Crippen LogP contribution in [0.4, 0.5) is 11.4 Å². The molecule has 0 amide bonds. The molecule has 0 N–H and O–H groups in total. The fourth-order valence-corrected chi connectivity index (χ4v) is 8.32. The van der Waals surface area contributed by atoms with Gasteiger partial charge in [-0.25, -0.2) is 0 Å². The number of nitrogens with zero attached hydrogens (tertiary/aromatic N) is 2. The molecule has 3 nitrogen and oxygen atoms in total. The monoisotopic (exact) mass is 584 g/mol. The van der Waals surface area contributed by atoms with Crippen LogP contribution in [0, 0.1) is 0 Å². The fraction of sp³-hybridized carbons (Fsp3) is 0. The van der Waals surface area contributed by atoms with Crippen LogP contribution >= 0.6 is 0 Å². The summed E-state index contributed by atoms with van der Waals surface area (Å²) in [6.45, 7) is 0.0800. The zero-order chi connectivity index (χ0) is 29.9. The van der Waals surface area contributed by atoms with E-state index >= 15 is 0 Å². The van der Waals surface area contributed by atoms with E-state index in [4.69, 9.17) is 4.42 Å². The Hall–Kier alpha value is -6.00. The Bertz CT molecular complexity index is 2720. The van der Waals surface area contributed by atoms with Crippen molar-refractivity contribution in [3.8, 4) is 27.9 Å². The van der Waals surface area contributed by atoms with Gasteiger partial charge in [0.25, 0.3) is 0 Å². The van der Waals surface area contributed by atoms with Crippen LogP contribution in [0.25, 0.3) is 71.7 Å². The number of furan rings is 1. The molecule has 11 rings (SSSR count). The van der Waals surface area contributed by atoms with E-state index in [1.54, 1.807) is 0 Å². The summed E-state index contributed by atoms with van der Waals surface area (Å²) in [5, 5.41) is 4.69. The van der Waals surface area contributed by atoms with Gasteiger partial charge in [-0.05, 0) is 70.6 Å². The van der Waals surface area contributed by atoms with E-state index in [0.29, 0.717) is 0 Å². The summed E-state index contributed by atoms with van der Waals surface area (Å²) in [6, 6.07) is 55.1. The van der Waals surface area contributed by atoms with Crippen LogP contribution in [0.3, 0.4) is 0 Å². The summed E-state index contributed by atoms with van der Waals surface area (Å²) in [5.74, 6) is 0. The van der Waals surface area contributed by atoms with Gasteiger partial charge in [0.05, 0.1) is 11.0 Å². The number of fused-ring (bicyclic) bond motifs is 18. The molecule has 2 aromatic heterocycles. The topological polar surface area (TPSA) is 21.3 Å². The summed E-state index contributed by atoms with van der Waals surface area (Å²) < 4.78 is 9.36. The van der Waals surface area contributed by atoms with Crippen molar-refractivity contribution in [1.29, 1.82) is 0 Å². The molecule has 9 aromatic rings. The molecular weight excluding hydrogens is 559 g/mol. The van der Waals surface area contributed by atoms with Crippen LogP contribution < -0.4 is 15.7 Å². The number of benzene rings is 7. The molecule has 46 heavy (non-hydrogen) atoms. The maximum atomic E-state index is 6.98. The van der Waals surface area contributed by atoms with E-state index in [1.165, 1.54) is 60.8 Å². The molecule has 212 valence electrons. The lowest BCUT2D eigenvalue weighted by atomic mass is 9.43. The van der Waals surface area contributed by atoms with Gasteiger partial charge < -0.3 is 13.8 Å². The second-order valence-corrected chi connectivity index (χ2v) is 12.5. The highest BCUT2D eigenvalue weighted by Crippen LogP contribution is 2.50. The largest absolute Gasteiger partial charge is 0.455 e. The Morgan fingerprint density at radius 2 is 1.15 bits per heavy atom. The number of para-hydroxylation sites is 3. The van der Waals surface area contributed by atoms with Crippen molar-refractivity contribution in [3.05, 3.63) is 152 Å². The van der Waals surface area contributed by atoms with Crippen LogP contribution in [0.2, 0.25) is 0 Å².